The second-order valence-corrected chi connectivity index (χ2v) is 5.32. The number of nitrogen functional groups attached to an aromatic ring is 1. The van der Waals surface area contributed by atoms with E-state index in [0.29, 0.717) is 22.0 Å². The summed E-state index contributed by atoms with van der Waals surface area (Å²) in [4.78, 5) is 13.5. The fourth-order valence-electron chi connectivity index (χ4n) is 2.37. The average Bonchev–Trinajstić information content (AvgIpc) is 2.46. The Morgan fingerprint density at radius 2 is 1.86 bits per heavy atom. The zero-order valence-electron chi connectivity index (χ0n) is 12.0. The number of para-hydroxylation sites is 1. The lowest BCUT2D eigenvalue weighted by Crippen LogP contribution is -2.26. The van der Waals surface area contributed by atoms with E-state index in [2.05, 4.69) is 0 Å². The maximum absolute atomic E-state index is 11.6. The van der Waals surface area contributed by atoms with Crippen LogP contribution in [0.3, 0.4) is 0 Å². The van der Waals surface area contributed by atoms with Gasteiger partial charge in [0.15, 0.2) is 0 Å². The highest BCUT2D eigenvalue weighted by Gasteiger charge is 2.21. The van der Waals surface area contributed by atoms with Crippen LogP contribution in [0.2, 0.25) is 5.02 Å². The molecule has 0 aliphatic heterocycles. The molecule has 1 unspecified atom stereocenters. The van der Waals surface area contributed by atoms with E-state index in [1.54, 1.807) is 18.2 Å². The Kier molecular flexibility index (Phi) is 4.38. The molecule has 0 aliphatic rings. The van der Waals surface area contributed by atoms with Crippen LogP contribution < -0.4 is 16.4 Å². The van der Waals surface area contributed by atoms with Crippen LogP contribution in [0.25, 0.3) is 0 Å². The van der Waals surface area contributed by atoms with Gasteiger partial charge in [-0.05, 0) is 30.7 Å². The molecule has 0 saturated carbocycles. The fourth-order valence-corrected chi connectivity index (χ4v) is 2.66. The molecule has 21 heavy (non-hydrogen) atoms. The molecule has 4 N–H and O–H groups in total. The first-order chi connectivity index (χ1) is 9.93. The third kappa shape index (κ3) is 2.95. The lowest BCUT2D eigenvalue weighted by Gasteiger charge is -2.30. The molecule has 0 heterocycles. The minimum absolute atomic E-state index is 0.0542. The van der Waals surface area contributed by atoms with Gasteiger partial charge in [-0.1, -0.05) is 35.9 Å². The minimum atomic E-state index is -0.504. The number of benzene rings is 2. The van der Waals surface area contributed by atoms with Crippen molar-refractivity contribution in [3.8, 4) is 0 Å². The first kappa shape index (κ1) is 15.2. The third-order valence-electron chi connectivity index (χ3n) is 3.62. The van der Waals surface area contributed by atoms with Gasteiger partial charge in [-0.3, -0.25) is 4.79 Å². The van der Waals surface area contributed by atoms with Crippen molar-refractivity contribution in [1.82, 2.24) is 0 Å². The van der Waals surface area contributed by atoms with Crippen LogP contribution in [0.15, 0.2) is 42.5 Å². The number of carbonyl (C=O) groups excluding carboxylic acids is 1. The number of nitrogens with two attached hydrogens (primary N) is 2. The number of hydrogen-bond acceptors (Lipinski definition) is 3. The summed E-state index contributed by atoms with van der Waals surface area (Å²) in [5.41, 5.74) is 14.0. The molecule has 1 amide bonds. The number of amides is 1. The van der Waals surface area contributed by atoms with Gasteiger partial charge in [0.1, 0.15) is 0 Å². The topological polar surface area (TPSA) is 72.3 Å². The molecule has 0 aromatic heterocycles. The van der Waals surface area contributed by atoms with E-state index >= 15 is 0 Å². The first-order valence-electron chi connectivity index (χ1n) is 6.59. The summed E-state index contributed by atoms with van der Waals surface area (Å²) in [5, 5.41) is 0.673. The van der Waals surface area contributed by atoms with Crippen molar-refractivity contribution < 1.29 is 4.79 Å². The summed E-state index contributed by atoms with van der Waals surface area (Å²) < 4.78 is 0. The van der Waals surface area contributed by atoms with Crippen molar-refractivity contribution in [2.75, 3.05) is 17.7 Å². The molecule has 1 atom stereocenters. The van der Waals surface area contributed by atoms with E-state index in [1.807, 2.05) is 43.1 Å². The minimum Gasteiger partial charge on any atom is -0.397 e. The van der Waals surface area contributed by atoms with Crippen LogP contribution in [-0.4, -0.2) is 13.0 Å². The van der Waals surface area contributed by atoms with Crippen LogP contribution in [-0.2, 0) is 0 Å². The van der Waals surface area contributed by atoms with Gasteiger partial charge in [0.2, 0.25) is 0 Å². The van der Waals surface area contributed by atoms with Gasteiger partial charge in [-0.15, -0.1) is 0 Å². The van der Waals surface area contributed by atoms with Gasteiger partial charge in [-0.25, -0.2) is 0 Å². The second-order valence-electron chi connectivity index (χ2n) is 4.92. The van der Waals surface area contributed by atoms with E-state index < -0.39 is 5.91 Å². The molecule has 0 bridgehead atoms. The largest absolute Gasteiger partial charge is 0.397 e. The number of anilines is 2. The maximum Gasteiger partial charge on any atom is 0.250 e. The molecule has 0 aliphatic carbocycles. The zero-order chi connectivity index (χ0) is 15.6. The van der Waals surface area contributed by atoms with Crippen LogP contribution in [0, 0.1) is 0 Å². The van der Waals surface area contributed by atoms with Crippen LogP contribution in [0.1, 0.15) is 28.9 Å². The number of rotatable bonds is 4. The molecule has 0 saturated heterocycles. The van der Waals surface area contributed by atoms with Crippen molar-refractivity contribution in [3.05, 3.63) is 58.6 Å². The molecule has 0 radical (unpaired) electrons. The third-order valence-corrected chi connectivity index (χ3v) is 3.97. The van der Waals surface area contributed by atoms with Gasteiger partial charge in [0.05, 0.1) is 23.0 Å². The number of nitrogens with zero attached hydrogens (tertiary/aromatic N) is 1. The molecule has 5 heteroatoms. The molecule has 2 rings (SSSR count). The van der Waals surface area contributed by atoms with Crippen LogP contribution in [0.5, 0.6) is 0 Å². The smallest absolute Gasteiger partial charge is 0.250 e. The zero-order valence-corrected chi connectivity index (χ0v) is 12.8. The predicted molar refractivity (Wildman–Crippen MR) is 87.6 cm³/mol. The summed E-state index contributed by atoms with van der Waals surface area (Å²) in [5.74, 6) is -0.504. The SMILES string of the molecule is CC(c1ccccc1Cl)N(C)c1c(N)cccc1C(N)=O. The molecule has 2 aromatic carbocycles. The Hall–Kier alpha value is -2.20. The van der Waals surface area contributed by atoms with Crippen molar-refractivity contribution >= 4 is 28.9 Å². The monoisotopic (exact) mass is 303 g/mol. The molecule has 110 valence electrons. The van der Waals surface area contributed by atoms with E-state index in [9.17, 15) is 4.79 Å². The van der Waals surface area contributed by atoms with Crippen molar-refractivity contribution in [2.45, 2.75) is 13.0 Å². The molecular weight excluding hydrogens is 286 g/mol. The van der Waals surface area contributed by atoms with Gasteiger partial charge >= 0.3 is 0 Å². The van der Waals surface area contributed by atoms with E-state index in [0.717, 1.165) is 5.56 Å². The van der Waals surface area contributed by atoms with Gasteiger partial charge in [0.25, 0.3) is 5.91 Å². The number of primary amides is 1. The Bertz CT molecular complexity index is 672. The molecular formula is C16H18ClN3O. The molecule has 2 aromatic rings. The van der Waals surface area contributed by atoms with Crippen LogP contribution >= 0.6 is 11.6 Å². The summed E-state index contributed by atoms with van der Waals surface area (Å²) in [6, 6.07) is 12.7. The highest BCUT2D eigenvalue weighted by atomic mass is 35.5. The molecule has 0 fully saturated rings. The normalized spacial score (nSPS) is 12.0. The summed E-state index contributed by atoms with van der Waals surface area (Å²) in [7, 11) is 1.87. The Labute approximate surface area is 129 Å². The first-order valence-corrected chi connectivity index (χ1v) is 6.96. The summed E-state index contributed by atoms with van der Waals surface area (Å²) in [6.45, 7) is 2.00. The number of carbonyl (C=O) groups is 1. The van der Waals surface area contributed by atoms with Crippen molar-refractivity contribution in [3.63, 3.8) is 0 Å². The highest BCUT2D eigenvalue weighted by molar-refractivity contribution is 6.31. The Balaban J connectivity index is 2.48. The van der Waals surface area contributed by atoms with E-state index in [1.165, 1.54) is 0 Å². The fraction of sp³-hybridized carbons (Fsp3) is 0.188. The summed E-state index contributed by atoms with van der Waals surface area (Å²) in [6.07, 6.45) is 0. The van der Waals surface area contributed by atoms with Crippen LogP contribution in [0.4, 0.5) is 11.4 Å². The lowest BCUT2D eigenvalue weighted by atomic mass is 10.0. The van der Waals surface area contributed by atoms with Gasteiger partial charge < -0.3 is 16.4 Å². The van der Waals surface area contributed by atoms with E-state index in [-0.39, 0.29) is 6.04 Å². The number of halogens is 1. The van der Waals surface area contributed by atoms with E-state index in [4.69, 9.17) is 23.1 Å². The van der Waals surface area contributed by atoms with Crippen molar-refractivity contribution in [1.29, 1.82) is 0 Å². The number of hydrogen-bond donors (Lipinski definition) is 2. The predicted octanol–water partition coefficient (Wildman–Crippen LogP) is 3.22. The molecule has 0 spiro atoms. The van der Waals surface area contributed by atoms with Gasteiger partial charge in [-0.2, -0.15) is 0 Å². The molecule has 4 nitrogen and oxygen atoms in total. The Morgan fingerprint density at radius 3 is 2.48 bits per heavy atom. The van der Waals surface area contributed by atoms with Crippen molar-refractivity contribution in [2.24, 2.45) is 5.73 Å². The highest BCUT2D eigenvalue weighted by Crippen LogP contribution is 2.35. The maximum atomic E-state index is 11.6. The second kappa shape index (κ2) is 6.06. The quantitative estimate of drug-likeness (QED) is 0.852. The standard InChI is InChI=1S/C16H18ClN3O/c1-10(11-6-3-4-8-13(11)17)20(2)15-12(16(19)21)7-5-9-14(15)18/h3-10H,18H2,1-2H3,(H2,19,21). The Morgan fingerprint density at radius 1 is 1.19 bits per heavy atom. The average molecular weight is 304 g/mol. The lowest BCUT2D eigenvalue weighted by molar-refractivity contribution is 0.100. The van der Waals surface area contributed by atoms with Gasteiger partial charge in [0, 0.05) is 12.1 Å². The summed E-state index contributed by atoms with van der Waals surface area (Å²) >= 11 is 6.24.